The number of nitrogens with zero attached hydrogens (tertiary/aromatic N) is 3. The Morgan fingerprint density at radius 1 is 1.04 bits per heavy atom. The number of aromatic nitrogens is 3. The lowest BCUT2D eigenvalue weighted by atomic mass is 10.1. The largest absolute Gasteiger partial charge is 0.497 e. The molecule has 45 heavy (non-hydrogen) atoms. The van der Waals surface area contributed by atoms with Gasteiger partial charge in [-0.25, -0.2) is 13.8 Å². The summed E-state index contributed by atoms with van der Waals surface area (Å²) in [4.78, 5) is 30.9. The number of hydrogen-bond acceptors (Lipinski definition) is 7. The molecule has 10 nitrogen and oxygen atoms in total. The first-order chi connectivity index (χ1) is 21.1. The zero-order valence-electron chi connectivity index (χ0n) is 23.5. The summed E-state index contributed by atoms with van der Waals surface area (Å²) in [6.45, 7) is -1.88. The second-order valence-corrected chi connectivity index (χ2v) is 9.48. The number of hydrogen-bond donors (Lipinski definition) is 3. The molecular formula is C28H24F7N5O5. The van der Waals surface area contributed by atoms with Gasteiger partial charge in [0, 0.05) is 31.3 Å². The molecule has 0 aliphatic heterocycles. The van der Waals surface area contributed by atoms with Gasteiger partial charge < -0.3 is 25.2 Å². The summed E-state index contributed by atoms with van der Waals surface area (Å²) in [6.07, 6.45) is -6.00. The Balaban J connectivity index is 1.96. The van der Waals surface area contributed by atoms with Crippen LogP contribution in [0, 0.1) is 11.6 Å². The molecule has 0 aliphatic carbocycles. The summed E-state index contributed by atoms with van der Waals surface area (Å²) in [5.41, 5.74) is -5.42. The Hall–Kier alpha value is -5.06. The van der Waals surface area contributed by atoms with Gasteiger partial charge in [0.2, 0.25) is 0 Å². The van der Waals surface area contributed by atoms with E-state index in [-0.39, 0.29) is 29.4 Å². The lowest BCUT2D eigenvalue weighted by molar-refractivity contribution is -0.137. The maximum Gasteiger partial charge on any atom is 0.420 e. The SMILES string of the molecule is COc1cc(F)c(-c2c(NC(=O)c3ccc(OC(F)F)cc3)c(=O)n(-c3nc(NC[C@@H](C)O)ccc3C(F)(F)F)n2C)c(F)c1. The lowest BCUT2D eigenvalue weighted by Gasteiger charge is -2.17. The maximum atomic E-state index is 15.3. The molecule has 4 aromatic rings. The van der Waals surface area contributed by atoms with E-state index in [0.29, 0.717) is 15.4 Å². The third-order valence-corrected chi connectivity index (χ3v) is 6.29. The van der Waals surface area contributed by atoms with Gasteiger partial charge in [0.25, 0.3) is 11.5 Å². The van der Waals surface area contributed by atoms with Gasteiger partial charge in [-0.05, 0) is 43.3 Å². The van der Waals surface area contributed by atoms with Crippen molar-refractivity contribution in [1.29, 1.82) is 0 Å². The second kappa shape index (κ2) is 12.9. The van der Waals surface area contributed by atoms with Crippen LogP contribution in [0.5, 0.6) is 11.5 Å². The minimum Gasteiger partial charge on any atom is -0.497 e. The molecule has 0 unspecified atom stereocenters. The van der Waals surface area contributed by atoms with E-state index in [4.69, 9.17) is 4.74 Å². The molecule has 0 radical (unpaired) electrons. The number of benzene rings is 2. The first-order valence-electron chi connectivity index (χ1n) is 12.8. The Kier molecular flexibility index (Phi) is 9.41. The smallest absolute Gasteiger partial charge is 0.420 e. The molecule has 4 rings (SSSR count). The van der Waals surface area contributed by atoms with Crippen LogP contribution in [0.1, 0.15) is 22.8 Å². The van der Waals surface area contributed by atoms with Crippen LogP contribution in [0.4, 0.5) is 42.2 Å². The normalized spacial score (nSPS) is 12.3. The summed E-state index contributed by atoms with van der Waals surface area (Å²) in [7, 11) is 2.15. The topological polar surface area (TPSA) is 120 Å². The van der Waals surface area contributed by atoms with Gasteiger partial charge in [-0.3, -0.25) is 14.3 Å². The highest BCUT2D eigenvalue weighted by Gasteiger charge is 2.37. The fraction of sp³-hybridized carbons (Fsp3) is 0.250. The minimum absolute atomic E-state index is 0.129. The summed E-state index contributed by atoms with van der Waals surface area (Å²) >= 11 is 0. The Morgan fingerprint density at radius 3 is 2.20 bits per heavy atom. The number of nitrogens with one attached hydrogen (secondary N) is 2. The summed E-state index contributed by atoms with van der Waals surface area (Å²) in [5.74, 6) is -5.43. The molecule has 0 bridgehead atoms. The van der Waals surface area contributed by atoms with Crippen molar-refractivity contribution in [1.82, 2.24) is 14.3 Å². The fourth-order valence-electron chi connectivity index (χ4n) is 4.29. The van der Waals surface area contributed by atoms with Crippen molar-refractivity contribution < 1.29 is 50.1 Å². The van der Waals surface area contributed by atoms with Gasteiger partial charge in [0.1, 0.15) is 45.9 Å². The Morgan fingerprint density at radius 2 is 1.67 bits per heavy atom. The lowest BCUT2D eigenvalue weighted by Crippen LogP contribution is -2.27. The van der Waals surface area contributed by atoms with E-state index in [1.807, 2.05) is 0 Å². The standard InChI is InChI=1S/C28H24F7N5O5/c1-13(41)12-36-20-9-8-17(28(33,34)35)24(37-20)40-26(43)22(38-25(42)14-4-6-15(7-5-14)45-27(31)32)23(39(40)2)21-18(29)10-16(44-3)11-19(21)30/h4-11,13,27,41H,12H2,1-3H3,(H,36,37)(H,38,42)/t13-/m1/s1. The van der Waals surface area contributed by atoms with Crippen LogP contribution in [0.2, 0.25) is 0 Å². The maximum absolute atomic E-state index is 15.3. The average molecular weight is 644 g/mol. The highest BCUT2D eigenvalue weighted by molar-refractivity contribution is 6.06. The number of carbonyl (C=O) groups excluding carboxylic acids is 1. The first-order valence-corrected chi connectivity index (χ1v) is 12.8. The van der Waals surface area contributed by atoms with E-state index in [0.717, 1.165) is 56.6 Å². The van der Waals surface area contributed by atoms with Crippen molar-refractivity contribution in [3.63, 3.8) is 0 Å². The van der Waals surface area contributed by atoms with Crippen LogP contribution in [-0.2, 0) is 13.2 Å². The van der Waals surface area contributed by atoms with E-state index in [2.05, 4.69) is 20.4 Å². The van der Waals surface area contributed by atoms with Crippen molar-refractivity contribution in [2.75, 3.05) is 24.3 Å². The highest BCUT2D eigenvalue weighted by atomic mass is 19.4. The third kappa shape index (κ3) is 7.03. The predicted octanol–water partition coefficient (Wildman–Crippen LogP) is 5.19. The summed E-state index contributed by atoms with van der Waals surface area (Å²) in [5, 5.41) is 14.4. The molecule has 0 saturated carbocycles. The Bertz CT molecular complexity index is 1750. The predicted molar refractivity (Wildman–Crippen MR) is 147 cm³/mol. The van der Waals surface area contributed by atoms with Crippen LogP contribution >= 0.6 is 0 Å². The first kappa shape index (κ1) is 32.8. The molecule has 0 fully saturated rings. The van der Waals surface area contributed by atoms with Crippen molar-refractivity contribution in [2.24, 2.45) is 7.05 Å². The molecule has 2 aromatic heterocycles. The zero-order valence-corrected chi connectivity index (χ0v) is 23.5. The van der Waals surface area contributed by atoms with Crippen LogP contribution in [-0.4, -0.2) is 51.7 Å². The van der Waals surface area contributed by atoms with Crippen LogP contribution in [0.15, 0.2) is 53.3 Å². The second-order valence-electron chi connectivity index (χ2n) is 9.48. The summed E-state index contributed by atoms with van der Waals surface area (Å²) < 4.78 is 108. The van der Waals surface area contributed by atoms with Gasteiger partial charge in [-0.1, -0.05) is 0 Å². The molecule has 2 aromatic carbocycles. The minimum atomic E-state index is -5.07. The molecule has 0 spiro atoms. The van der Waals surface area contributed by atoms with E-state index in [1.54, 1.807) is 0 Å². The van der Waals surface area contributed by atoms with Gasteiger partial charge in [-0.15, -0.1) is 0 Å². The molecule has 0 saturated heterocycles. The van der Waals surface area contributed by atoms with E-state index in [9.17, 15) is 36.6 Å². The molecule has 1 atom stereocenters. The number of carbonyl (C=O) groups is 1. The van der Waals surface area contributed by atoms with E-state index < -0.39 is 70.3 Å². The monoisotopic (exact) mass is 643 g/mol. The molecule has 2 heterocycles. The van der Waals surface area contributed by atoms with Crippen LogP contribution in [0.25, 0.3) is 17.1 Å². The zero-order chi connectivity index (χ0) is 33.2. The average Bonchev–Trinajstić information content (AvgIpc) is 3.19. The number of alkyl halides is 5. The number of halogens is 7. The van der Waals surface area contributed by atoms with Crippen molar-refractivity contribution in [3.05, 3.63) is 81.6 Å². The van der Waals surface area contributed by atoms with Gasteiger partial charge in [-0.2, -0.15) is 26.6 Å². The Labute approximate surface area is 249 Å². The number of aliphatic hydroxyl groups excluding tert-OH is 1. The molecule has 3 N–H and O–H groups in total. The number of amides is 1. The highest BCUT2D eigenvalue weighted by Crippen LogP contribution is 2.37. The van der Waals surface area contributed by atoms with Crippen LogP contribution < -0.4 is 25.7 Å². The van der Waals surface area contributed by atoms with E-state index >= 15 is 8.78 Å². The number of pyridine rings is 1. The van der Waals surface area contributed by atoms with Crippen molar-refractivity contribution in [3.8, 4) is 28.6 Å². The number of anilines is 2. The van der Waals surface area contributed by atoms with Gasteiger partial charge in [0.05, 0.1) is 18.8 Å². The molecule has 1 amide bonds. The number of rotatable bonds is 10. The quantitative estimate of drug-likeness (QED) is 0.204. The van der Waals surface area contributed by atoms with Gasteiger partial charge >= 0.3 is 12.8 Å². The fourth-order valence-corrected chi connectivity index (χ4v) is 4.29. The molecule has 240 valence electrons. The molecule has 0 aliphatic rings. The number of methoxy groups -OCH3 is 1. The van der Waals surface area contributed by atoms with Gasteiger partial charge in [0.15, 0.2) is 5.82 Å². The van der Waals surface area contributed by atoms with Crippen LogP contribution in [0.3, 0.4) is 0 Å². The number of aliphatic hydroxyl groups is 1. The van der Waals surface area contributed by atoms with Crippen molar-refractivity contribution in [2.45, 2.75) is 25.8 Å². The number of ether oxygens (including phenoxy) is 2. The summed E-state index contributed by atoms with van der Waals surface area (Å²) in [6, 6.07) is 7.20. The third-order valence-electron chi connectivity index (χ3n) is 6.29. The molecular weight excluding hydrogens is 619 g/mol. The van der Waals surface area contributed by atoms with Crippen molar-refractivity contribution >= 4 is 17.4 Å². The van der Waals surface area contributed by atoms with E-state index in [1.165, 1.54) is 6.92 Å². The molecule has 17 heteroatoms.